The minimum atomic E-state index is -4.72. The minimum Gasteiger partial charge on any atom is -0.406 e. The Balaban J connectivity index is 1.63. The molecule has 128 valence electrons. The van der Waals surface area contributed by atoms with Crippen LogP contribution < -0.4 is 4.74 Å². The molecular weight excluding hydrogens is 333 g/mol. The molecule has 0 aliphatic carbocycles. The molecule has 0 aromatic heterocycles. The number of nitrogens with zero attached hydrogens (tertiary/aromatic N) is 2. The van der Waals surface area contributed by atoms with E-state index in [4.69, 9.17) is 0 Å². The third-order valence-electron chi connectivity index (χ3n) is 3.52. The smallest absolute Gasteiger partial charge is 0.406 e. The van der Waals surface area contributed by atoms with Gasteiger partial charge in [-0.3, -0.25) is 9.79 Å². The van der Waals surface area contributed by atoms with Crippen LogP contribution in [0, 0.1) is 0 Å². The van der Waals surface area contributed by atoms with Crippen LogP contribution in [-0.4, -0.2) is 29.9 Å². The fourth-order valence-electron chi connectivity index (χ4n) is 2.29. The molecule has 2 aliphatic rings. The lowest BCUT2D eigenvalue weighted by Crippen LogP contribution is -2.23. The number of hydrogen-bond acceptors (Lipinski definition) is 3. The van der Waals surface area contributed by atoms with Crippen molar-refractivity contribution < 1.29 is 22.7 Å². The van der Waals surface area contributed by atoms with Crippen molar-refractivity contribution in [1.82, 2.24) is 4.90 Å². The van der Waals surface area contributed by atoms with Gasteiger partial charge in [0.2, 0.25) is 0 Å². The Morgan fingerprint density at radius 2 is 1.96 bits per heavy atom. The number of benzene rings is 1. The van der Waals surface area contributed by atoms with Gasteiger partial charge in [-0.1, -0.05) is 18.2 Å². The summed E-state index contributed by atoms with van der Waals surface area (Å²) in [6.45, 7) is 0.413. The maximum absolute atomic E-state index is 12.2. The molecule has 3 rings (SSSR count). The molecule has 0 radical (unpaired) electrons. The number of alkyl halides is 3. The minimum absolute atomic E-state index is 0.235. The van der Waals surface area contributed by atoms with Gasteiger partial charge >= 0.3 is 6.36 Å². The van der Waals surface area contributed by atoms with E-state index in [0.29, 0.717) is 12.1 Å². The molecule has 0 fully saturated rings. The average molecular weight is 346 g/mol. The first-order valence-electron chi connectivity index (χ1n) is 7.37. The lowest BCUT2D eigenvalue weighted by Gasteiger charge is -2.12. The van der Waals surface area contributed by atoms with Crippen molar-refractivity contribution in [2.45, 2.75) is 6.36 Å². The molecule has 25 heavy (non-hydrogen) atoms. The van der Waals surface area contributed by atoms with Crippen LogP contribution in [0.25, 0.3) is 6.08 Å². The van der Waals surface area contributed by atoms with E-state index in [0.717, 1.165) is 11.1 Å². The zero-order chi connectivity index (χ0) is 17.9. The highest BCUT2D eigenvalue weighted by Gasteiger charge is 2.30. The van der Waals surface area contributed by atoms with Crippen LogP contribution in [0.1, 0.15) is 5.56 Å². The number of halogens is 3. The zero-order valence-corrected chi connectivity index (χ0v) is 12.9. The molecule has 0 atom stereocenters. The molecule has 0 saturated heterocycles. The van der Waals surface area contributed by atoms with Gasteiger partial charge in [0.1, 0.15) is 5.75 Å². The van der Waals surface area contributed by atoms with Crippen LogP contribution in [0.4, 0.5) is 13.2 Å². The number of carbonyl (C=O) groups is 1. The predicted octanol–water partition coefficient (Wildman–Crippen LogP) is 3.85. The highest BCUT2D eigenvalue weighted by Crippen LogP contribution is 2.23. The molecule has 2 heterocycles. The quantitative estimate of drug-likeness (QED) is 0.780. The van der Waals surface area contributed by atoms with E-state index >= 15 is 0 Å². The van der Waals surface area contributed by atoms with E-state index in [2.05, 4.69) is 9.73 Å². The molecule has 1 aromatic carbocycles. The Hall–Kier alpha value is -3.09. The van der Waals surface area contributed by atoms with Crippen LogP contribution in [0.2, 0.25) is 0 Å². The molecular formula is C18H13F3N2O2. The predicted molar refractivity (Wildman–Crippen MR) is 87.7 cm³/mol. The summed E-state index contributed by atoms with van der Waals surface area (Å²) >= 11 is 0. The van der Waals surface area contributed by atoms with Gasteiger partial charge in [-0.05, 0) is 35.4 Å². The van der Waals surface area contributed by atoms with E-state index in [9.17, 15) is 18.0 Å². The summed E-state index contributed by atoms with van der Waals surface area (Å²) < 4.78 is 40.1. The van der Waals surface area contributed by atoms with Gasteiger partial charge < -0.3 is 9.64 Å². The van der Waals surface area contributed by atoms with Crippen molar-refractivity contribution in [3.05, 3.63) is 71.6 Å². The lowest BCUT2D eigenvalue weighted by atomic mass is 10.1. The number of aliphatic imine (C=N–C) groups is 1. The lowest BCUT2D eigenvalue weighted by molar-refractivity contribution is -0.274. The van der Waals surface area contributed by atoms with Crippen LogP contribution in [0.3, 0.4) is 0 Å². The van der Waals surface area contributed by atoms with Crippen molar-refractivity contribution in [2.24, 2.45) is 4.99 Å². The van der Waals surface area contributed by atoms with Crippen molar-refractivity contribution in [3.8, 4) is 5.75 Å². The van der Waals surface area contributed by atoms with Gasteiger partial charge in [0.25, 0.3) is 5.91 Å². The molecule has 0 bridgehead atoms. The number of carbonyl (C=O) groups excluding carboxylic acids is 1. The summed E-state index contributed by atoms with van der Waals surface area (Å²) in [5, 5.41) is 0. The SMILES string of the molecule is O=C(/C=C/c1ccc(OC(F)(F)F)cc1)N1C=CC2=CN=CC2=CC1. The van der Waals surface area contributed by atoms with Crippen molar-refractivity contribution in [3.63, 3.8) is 0 Å². The average Bonchev–Trinajstić information content (AvgIpc) is 2.91. The third kappa shape index (κ3) is 4.47. The number of allylic oxidation sites excluding steroid dienone is 3. The number of ether oxygens (including phenoxy) is 1. The standard InChI is InChI=1S/C18H13F3N2O2/c19-18(20,21)25-16-4-1-13(2-5-16)3-6-17(24)23-9-7-14-11-22-12-15(14)8-10-23/h1-9,11-12H,10H2/b6-3+. The van der Waals surface area contributed by atoms with Crippen molar-refractivity contribution in [1.29, 1.82) is 0 Å². The van der Waals surface area contributed by atoms with Crippen molar-refractivity contribution >= 4 is 18.2 Å². The summed E-state index contributed by atoms with van der Waals surface area (Å²) in [5.74, 6) is -0.541. The fourth-order valence-corrected chi connectivity index (χ4v) is 2.29. The van der Waals surface area contributed by atoms with E-state index < -0.39 is 6.36 Å². The molecule has 0 saturated carbocycles. The van der Waals surface area contributed by atoms with E-state index in [1.807, 2.05) is 6.08 Å². The zero-order valence-electron chi connectivity index (χ0n) is 12.9. The number of hydrogen-bond donors (Lipinski definition) is 0. The van der Waals surface area contributed by atoms with Gasteiger partial charge in [-0.25, -0.2) is 0 Å². The maximum Gasteiger partial charge on any atom is 0.573 e. The first kappa shape index (κ1) is 16.8. The first-order chi connectivity index (χ1) is 11.9. The van der Waals surface area contributed by atoms with E-state index in [-0.39, 0.29) is 11.7 Å². The topological polar surface area (TPSA) is 41.9 Å². The number of amides is 1. The first-order valence-corrected chi connectivity index (χ1v) is 7.37. The second-order valence-electron chi connectivity index (χ2n) is 5.28. The third-order valence-corrected chi connectivity index (χ3v) is 3.52. The number of rotatable bonds is 3. The van der Waals surface area contributed by atoms with Gasteiger partial charge in [-0.2, -0.15) is 0 Å². The van der Waals surface area contributed by atoms with Crippen LogP contribution in [-0.2, 0) is 4.79 Å². The van der Waals surface area contributed by atoms with Gasteiger partial charge in [0, 0.05) is 36.8 Å². The van der Waals surface area contributed by atoms with Crippen LogP contribution in [0.5, 0.6) is 5.75 Å². The van der Waals surface area contributed by atoms with E-state index in [1.165, 1.54) is 41.3 Å². The second-order valence-corrected chi connectivity index (χ2v) is 5.28. The Labute approximate surface area is 141 Å². The Kier molecular flexibility index (Phi) is 4.56. The second kappa shape index (κ2) is 6.80. The van der Waals surface area contributed by atoms with Crippen LogP contribution >= 0.6 is 0 Å². The summed E-state index contributed by atoms with van der Waals surface area (Å²) in [7, 11) is 0. The summed E-state index contributed by atoms with van der Waals surface area (Å²) in [5.41, 5.74) is 2.50. The molecule has 2 aliphatic heterocycles. The van der Waals surface area contributed by atoms with Gasteiger partial charge in [0.15, 0.2) is 0 Å². The molecule has 0 unspecified atom stereocenters. The highest BCUT2D eigenvalue weighted by molar-refractivity contribution is 5.94. The van der Waals surface area contributed by atoms with Gasteiger partial charge in [-0.15, -0.1) is 13.2 Å². The summed E-state index contributed by atoms with van der Waals surface area (Å²) in [4.78, 5) is 17.8. The fraction of sp³-hybridized carbons (Fsp3) is 0.111. The molecule has 0 N–H and O–H groups in total. The van der Waals surface area contributed by atoms with Crippen LogP contribution in [0.15, 0.2) is 71.0 Å². The molecule has 0 spiro atoms. The Bertz CT molecular complexity index is 816. The monoisotopic (exact) mass is 346 g/mol. The summed E-state index contributed by atoms with van der Waals surface area (Å²) in [6, 6.07) is 5.27. The largest absolute Gasteiger partial charge is 0.573 e. The Morgan fingerprint density at radius 3 is 2.68 bits per heavy atom. The highest BCUT2D eigenvalue weighted by atomic mass is 19.4. The maximum atomic E-state index is 12.2. The summed E-state index contributed by atoms with van der Waals surface area (Å²) in [6.07, 6.45) is 7.01. The Morgan fingerprint density at radius 1 is 1.20 bits per heavy atom. The molecule has 7 heteroatoms. The number of fused-ring (bicyclic) bond motifs is 1. The van der Waals surface area contributed by atoms with Gasteiger partial charge in [0.05, 0.1) is 0 Å². The molecule has 1 amide bonds. The normalized spacial score (nSPS) is 16.5. The van der Waals surface area contributed by atoms with Crippen molar-refractivity contribution in [2.75, 3.05) is 6.54 Å². The molecule has 4 nitrogen and oxygen atoms in total. The molecule has 1 aromatic rings. The van der Waals surface area contributed by atoms with E-state index in [1.54, 1.807) is 24.7 Å².